The summed E-state index contributed by atoms with van der Waals surface area (Å²) < 4.78 is 3.24. The lowest BCUT2D eigenvalue weighted by Gasteiger charge is -2.22. The van der Waals surface area contributed by atoms with E-state index in [1.54, 1.807) is 11.3 Å². The summed E-state index contributed by atoms with van der Waals surface area (Å²) in [5.74, 6) is 2.14. The summed E-state index contributed by atoms with van der Waals surface area (Å²) in [4.78, 5) is 31.2. The molecule has 0 unspecified atom stereocenters. The van der Waals surface area contributed by atoms with E-state index < -0.39 is 0 Å². The Morgan fingerprint density at radius 3 is 2.72 bits per heavy atom. The zero-order valence-electron chi connectivity index (χ0n) is 18.9. The maximum absolute atomic E-state index is 12.9. The molecule has 0 spiro atoms. The average Bonchev–Trinajstić information content (AvgIpc) is 3.28. The molecular formula is C23H30N6O2S. The third kappa shape index (κ3) is 5.15. The molecule has 9 heteroatoms. The number of aromatic nitrogens is 4. The second-order valence-electron chi connectivity index (χ2n) is 8.71. The second kappa shape index (κ2) is 9.77. The van der Waals surface area contributed by atoms with E-state index in [1.807, 2.05) is 23.1 Å². The highest BCUT2D eigenvalue weighted by Gasteiger charge is 2.26. The molecule has 3 aromatic rings. The molecule has 2 aromatic heterocycles. The molecule has 1 aromatic carbocycles. The Morgan fingerprint density at radius 2 is 1.97 bits per heavy atom. The van der Waals surface area contributed by atoms with E-state index in [0.29, 0.717) is 44.8 Å². The van der Waals surface area contributed by atoms with Crippen LogP contribution in [0.5, 0.6) is 0 Å². The van der Waals surface area contributed by atoms with Gasteiger partial charge < -0.3 is 14.8 Å². The molecule has 32 heavy (non-hydrogen) atoms. The van der Waals surface area contributed by atoms with Crippen molar-refractivity contribution in [2.45, 2.75) is 59.0 Å². The third-order valence-corrected chi connectivity index (χ3v) is 6.79. The summed E-state index contributed by atoms with van der Waals surface area (Å²) in [6.07, 6.45) is 2.57. The lowest BCUT2D eigenvalue weighted by atomic mass is 10.0. The van der Waals surface area contributed by atoms with Crippen molar-refractivity contribution in [3.8, 4) is 0 Å². The Kier molecular flexibility index (Phi) is 6.83. The van der Waals surface area contributed by atoms with Crippen molar-refractivity contribution in [2.24, 2.45) is 5.92 Å². The van der Waals surface area contributed by atoms with Crippen LogP contribution in [-0.4, -0.2) is 49.6 Å². The first-order valence-electron chi connectivity index (χ1n) is 11.2. The minimum atomic E-state index is -0.171. The minimum absolute atomic E-state index is 0.0757. The smallest absolute Gasteiger partial charge is 0.223 e. The molecule has 0 saturated carbocycles. The highest BCUT2D eigenvalue weighted by Crippen LogP contribution is 2.24. The van der Waals surface area contributed by atoms with Crippen molar-refractivity contribution >= 4 is 33.4 Å². The molecule has 0 fully saturated rings. The van der Waals surface area contributed by atoms with Gasteiger partial charge in [0.15, 0.2) is 5.82 Å². The summed E-state index contributed by atoms with van der Waals surface area (Å²) in [5, 5.41) is 12.8. The first kappa shape index (κ1) is 22.4. The maximum Gasteiger partial charge on any atom is 0.223 e. The van der Waals surface area contributed by atoms with E-state index in [1.165, 1.54) is 6.92 Å². The number of amides is 2. The number of rotatable bonds is 7. The zero-order valence-corrected chi connectivity index (χ0v) is 19.7. The Hall–Kier alpha value is -2.81. The fraction of sp³-hybridized carbons (Fsp3) is 0.522. The minimum Gasteiger partial charge on any atom is -0.346 e. The Morgan fingerprint density at radius 1 is 1.16 bits per heavy atom. The van der Waals surface area contributed by atoms with Crippen LogP contribution in [0.1, 0.15) is 56.3 Å². The first-order valence-corrected chi connectivity index (χ1v) is 12.0. The Bertz CT molecular complexity index is 1070. The lowest BCUT2D eigenvalue weighted by molar-refractivity contribution is -0.131. The molecule has 8 nitrogen and oxygen atoms in total. The number of thiazole rings is 1. The van der Waals surface area contributed by atoms with Gasteiger partial charge in [0.1, 0.15) is 5.82 Å². The number of hydrogen-bond acceptors (Lipinski definition) is 6. The van der Waals surface area contributed by atoms with Gasteiger partial charge in [-0.05, 0) is 24.5 Å². The molecule has 0 radical (unpaired) electrons. The van der Waals surface area contributed by atoms with Crippen molar-refractivity contribution < 1.29 is 9.59 Å². The van der Waals surface area contributed by atoms with Crippen LogP contribution in [0.3, 0.4) is 0 Å². The number of hydrogen-bond donors (Lipinski definition) is 1. The van der Waals surface area contributed by atoms with Crippen molar-refractivity contribution in [3.63, 3.8) is 0 Å². The molecule has 3 heterocycles. The van der Waals surface area contributed by atoms with Gasteiger partial charge in [0.05, 0.1) is 21.3 Å². The Balaban J connectivity index is 1.39. The number of fused-ring (bicyclic) bond motifs is 2. The van der Waals surface area contributed by atoms with Gasteiger partial charge in [-0.25, -0.2) is 4.98 Å². The normalized spacial score (nSPS) is 14.9. The van der Waals surface area contributed by atoms with Crippen LogP contribution in [0, 0.1) is 5.92 Å². The van der Waals surface area contributed by atoms with Crippen LogP contribution < -0.4 is 5.32 Å². The average molecular weight is 455 g/mol. The third-order valence-electron chi connectivity index (χ3n) is 5.69. The summed E-state index contributed by atoms with van der Waals surface area (Å²) in [6.45, 7) is 7.66. The van der Waals surface area contributed by atoms with Gasteiger partial charge >= 0.3 is 0 Å². The largest absolute Gasteiger partial charge is 0.346 e. The monoisotopic (exact) mass is 454 g/mol. The standard InChI is InChI=1S/C23H30N6O2S/c1-15(2)14-18(24-16(3)30)23-27-26-20-10-11-28(12-13-29(20)23)22(31)9-8-21-25-17-6-4-5-7-19(17)32-21/h4-7,15,18H,8-14H2,1-3H3,(H,24,30)/t18-/m0/s1. The van der Waals surface area contributed by atoms with Crippen LogP contribution >= 0.6 is 11.3 Å². The molecule has 4 rings (SSSR count). The van der Waals surface area contributed by atoms with Gasteiger partial charge in [0.25, 0.3) is 0 Å². The summed E-state index contributed by atoms with van der Waals surface area (Å²) in [5.41, 5.74) is 0.996. The van der Waals surface area contributed by atoms with Gasteiger partial charge in [-0.1, -0.05) is 26.0 Å². The maximum atomic E-state index is 12.9. The predicted octanol–water partition coefficient (Wildman–Crippen LogP) is 3.13. The number of aryl methyl sites for hydroxylation is 1. The quantitative estimate of drug-likeness (QED) is 0.592. The molecule has 0 bridgehead atoms. The fourth-order valence-electron chi connectivity index (χ4n) is 4.20. The fourth-order valence-corrected chi connectivity index (χ4v) is 5.16. The molecule has 1 aliphatic heterocycles. The number of nitrogens with zero attached hydrogens (tertiary/aromatic N) is 5. The van der Waals surface area contributed by atoms with Crippen molar-refractivity contribution in [3.05, 3.63) is 40.9 Å². The van der Waals surface area contributed by atoms with Crippen LogP contribution in [0.2, 0.25) is 0 Å². The van der Waals surface area contributed by atoms with E-state index in [4.69, 9.17) is 0 Å². The van der Waals surface area contributed by atoms with E-state index in [-0.39, 0.29) is 17.9 Å². The van der Waals surface area contributed by atoms with E-state index in [0.717, 1.165) is 33.3 Å². The molecule has 0 aliphatic carbocycles. The van der Waals surface area contributed by atoms with E-state index in [2.05, 4.69) is 45.0 Å². The predicted molar refractivity (Wildman–Crippen MR) is 124 cm³/mol. The van der Waals surface area contributed by atoms with Gasteiger partial charge in [0, 0.05) is 45.8 Å². The SMILES string of the molecule is CC(=O)N[C@@H](CC(C)C)c1nnc2n1CCN(C(=O)CCc1nc3ccccc3s1)CC2. The highest BCUT2D eigenvalue weighted by atomic mass is 32.1. The van der Waals surface area contributed by atoms with Gasteiger partial charge in [-0.3, -0.25) is 9.59 Å². The lowest BCUT2D eigenvalue weighted by Crippen LogP contribution is -2.34. The van der Waals surface area contributed by atoms with E-state index >= 15 is 0 Å². The molecule has 170 valence electrons. The number of carbonyl (C=O) groups is 2. The molecular weight excluding hydrogens is 424 g/mol. The summed E-state index contributed by atoms with van der Waals surface area (Å²) in [6, 6.07) is 7.89. The first-order chi connectivity index (χ1) is 15.4. The van der Waals surface area contributed by atoms with Crippen LogP contribution in [0.15, 0.2) is 24.3 Å². The van der Waals surface area contributed by atoms with Crippen molar-refractivity contribution in [2.75, 3.05) is 13.1 Å². The molecule has 1 atom stereocenters. The topological polar surface area (TPSA) is 93.0 Å². The van der Waals surface area contributed by atoms with Gasteiger partial charge in [-0.2, -0.15) is 0 Å². The summed E-state index contributed by atoms with van der Waals surface area (Å²) in [7, 11) is 0. The van der Waals surface area contributed by atoms with Crippen molar-refractivity contribution in [1.82, 2.24) is 30.0 Å². The number of benzene rings is 1. The van der Waals surface area contributed by atoms with Crippen molar-refractivity contribution in [1.29, 1.82) is 0 Å². The molecule has 1 aliphatic rings. The van der Waals surface area contributed by atoms with Crippen LogP contribution in [0.4, 0.5) is 0 Å². The van der Waals surface area contributed by atoms with E-state index in [9.17, 15) is 9.59 Å². The highest BCUT2D eigenvalue weighted by molar-refractivity contribution is 7.18. The molecule has 0 saturated heterocycles. The summed E-state index contributed by atoms with van der Waals surface area (Å²) >= 11 is 1.66. The number of para-hydroxylation sites is 1. The van der Waals surface area contributed by atoms with Gasteiger partial charge in [-0.15, -0.1) is 21.5 Å². The number of carbonyl (C=O) groups excluding carboxylic acids is 2. The molecule has 1 N–H and O–H groups in total. The van der Waals surface area contributed by atoms with Gasteiger partial charge in [0.2, 0.25) is 11.8 Å². The second-order valence-corrected chi connectivity index (χ2v) is 9.83. The molecule has 2 amide bonds. The van der Waals surface area contributed by atoms with Crippen LogP contribution in [0.25, 0.3) is 10.2 Å². The Labute approximate surface area is 192 Å². The number of nitrogens with one attached hydrogen (secondary N) is 1. The zero-order chi connectivity index (χ0) is 22.7. The van der Waals surface area contributed by atoms with Crippen LogP contribution in [-0.2, 0) is 29.0 Å².